The summed E-state index contributed by atoms with van der Waals surface area (Å²) >= 11 is 0. The van der Waals surface area contributed by atoms with Crippen LogP contribution in [0, 0.1) is 0 Å². The minimum Gasteiger partial charge on any atom is -0.493 e. The van der Waals surface area contributed by atoms with E-state index in [0.29, 0.717) is 6.04 Å². The highest BCUT2D eigenvalue weighted by Gasteiger charge is 2.24. The molecule has 0 saturated heterocycles. The Bertz CT molecular complexity index is 425. The largest absolute Gasteiger partial charge is 0.493 e. The second kappa shape index (κ2) is 6.05. The molecule has 0 fully saturated rings. The zero-order valence-corrected chi connectivity index (χ0v) is 11.5. The first-order valence-electron chi connectivity index (χ1n) is 6.84. The molecule has 1 aliphatic rings. The monoisotopic (exact) mass is 245 g/mol. The van der Waals surface area contributed by atoms with Gasteiger partial charge in [0.05, 0.1) is 6.61 Å². The summed E-state index contributed by atoms with van der Waals surface area (Å²) in [5, 5.41) is 3.53. The molecule has 2 rings (SSSR count). The van der Waals surface area contributed by atoms with Crippen molar-refractivity contribution in [2.24, 2.45) is 0 Å². The second-order valence-corrected chi connectivity index (χ2v) is 5.03. The molecule has 18 heavy (non-hydrogen) atoms. The zero-order chi connectivity index (χ0) is 13.0. The second-order valence-electron chi connectivity index (χ2n) is 5.03. The van der Waals surface area contributed by atoms with E-state index >= 15 is 0 Å². The molecule has 0 radical (unpaired) electrons. The van der Waals surface area contributed by atoms with Gasteiger partial charge in [-0.2, -0.15) is 0 Å². The van der Waals surface area contributed by atoms with Gasteiger partial charge in [0.15, 0.2) is 0 Å². The smallest absolute Gasteiger partial charge is 0.122 e. The Morgan fingerprint density at radius 3 is 3.06 bits per heavy atom. The van der Waals surface area contributed by atoms with Crippen LogP contribution in [-0.4, -0.2) is 13.2 Å². The molecule has 2 heteroatoms. The molecular weight excluding hydrogens is 222 g/mol. The van der Waals surface area contributed by atoms with Crippen molar-refractivity contribution < 1.29 is 4.74 Å². The Morgan fingerprint density at radius 1 is 1.50 bits per heavy atom. The van der Waals surface area contributed by atoms with Gasteiger partial charge in [0, 0.05) is 12.5 Å². The summed E-state index contributed by atoms with van der Waals surface area (Å²) < 4.78 is 5.90. The number of nitrogens with one attached hydrogen (secondary N) is 1. The van der Waals surface area contributed by atoms with E-state index in [-0.39, 0.29) is 0 Å². The van der Waals surface area contributed by atoms with Crippen LogP contribution in [0.25, 0.3) is 0 Å². The third-order valence-corrected chi connectivity index (χ3v) is 3.46. The summed E-state index contributed by atoms with van der Waals surface area (Å²) in [6, 6.07) is 6.92. The van der Waals surface area contributed by atoms with Gasteiger partial charge in [0.2, 0.25) is 0 Å². The standard InChI is InChI=1S/C16H23NO/c1-4-17-15-9-8-14-13(15)6-5-7-16(14)18-11-10-12(2)3/h5-7,15,17H,2,4,8-11H2,1,3H3. The summed E-state index contributed by atoms with van der Waals surface area (Å²) in [6.45, 7) is 9.86. The van der Waals surface area contributed by atoms with Crippen LogP contribution in [0.5, 0.6) is 5.75 Å². The summed E-state index contributed by atoms with van der Waals surface area (Å²) in [5.74, 6) is 1.06. The number of benzene rings is 1. The van der Waals surface area contributed by atoms with Gasteiger partial charge in [-0.3, -0.25) is 0 Å². The van der Waals surface area contributed by atoms with E-state index in [1.54, 1.807) is 0 Å². The van der Waals surface area contributed by atoms with Crippen LogP contribution in [-0.2, 0) is 6.42 Å². The molecule has 0 heterocycles. The van der Waals surface area contributed by atoms with Crippen molar-refractivity contribution in [1.82, 2.24) is 5.32 Å². The lowest BCUT2D eigenvalue weighted by Gasteiger charge is -2.14. The van der Waals surface area contributed by atoms with Crippen molar-refractivity contribution in [2.45, 2.75) is 39.2 Å². The number of fused-ring (bicyclic) bond motifs is 1. The van der Waals surface area contributed by atoms with Crippen LogP contribution in [0.3, 0.4) is 0 Å². The maximum Gasteiger partial charge on any atom is 0.122 e. The van der Waals surface area contributed by atoms with E-state index in [4.69, 9.17) is 4.74 Å². The molecule has 1 atom stereocenters. The van der Waals surface area contributed by atoms with Crippen molar-refractivity contribution >= 4 is 0 Å². The molecule has 0 aliphatic heterocycles. The average Bonchev–Trinajstić information content (AvgIpc) is 2.74. The molecule has 2 nitrogen and oxygen atoms in total. The van der Waals surface area contributed by atoms with Crippen LogP contribution in [0.15, 0.2) is 30.4 Å². The predicted molar refractivity (Wildman–Crippen MR) is 76.1 cm³/mol. The minimum absolute atomic E-state index is 0.509. The molecule has 0 amide bonds. The Kier molecular flexibility index (Phi) is 4.43. The molecule has 1 unspecified atom stereocenters. The zero-order valence-electron chi connectivity index (χ0n) is 11.5. The third kappa shape index (κ3) is 2.94. The van der Waals surface area contributed by atoms with Crippen LogP contribution < -0.4 is 10.1 Å². The topological polar surface area (TPSA) is 21.3 Å². The predicted octanol–water partition coefficient (Wildman–Crippen LogP) is 3.63. The lowest BCUT2D eigenvalue weighted by Crippen LogP contribution is -2.18. The van der Waals surface area contributed by atoms with E-state index in [2.05, 4.69) is 37.0 Å². The number of ether oxygens (including phenoxy) is 1. The summed E-state index contributed by atoms with van der Waals surface area (Å²) in [6.07, 6.45) is 3.24. The first kappa shape index (κ1) is 13.2. The highest BCUT2D eigenvalue weighted by atomic mass is 16.5. The van der Waals surface area contributed by atoms with Crippen molar-refractivity contribution in [2.75, 3.05) is 13.2 Å². The highest BCUT2D eigenvalue weighted by molar-refractivity contribution is 5.45. The van der Waals surface area contributed by atoms with Crippen molar-refractivity contribution in [1.29, 1.82) is 0 Å². The van der Waals surface area contributed by atoms with Crippen molar-refractivity contribution in [3.8, 4) is 5.75 Å². The van der Waals surface area contributed by atoms with Crippen molar-refractivity contribution in [3.05, 3.63) is 41.5 Å². The lowest BCUT2D eigenvalue weighted by molar-refractivity contribution is 0.319. The van der Waals surface area contributed by atoms with Crippen LogP contribution in [0.4, 0.5) is 0 Å². The maximum absolute atomic E-state index is 5.90. The van der Waals surface area contributed by atoms with Gasteiger partial charge in [-0.15, -0.1) is 6.58 Å². The highest BCUT2D eigenvalue weighted by Crippen LogP contribution is 2.36. The van der Waals surface area contributed by atoms with E-state index in [9.17, 15) is 0 Å². The number of hydrogen-bond donors (Lipinski definition) is 1. The van der Waals surface area contributed by atoms with E-state index < -0.39 is 0 Å². The van der Waals surface area contributed by atoms with Crippen LogP contribution in [0.1, 0.15) is 43.9 Å². The Hall–Kier alpha value is -1.28. The lowest BCUT2D eigenvalue weighted by atomic mass is 10.1. The van der Waals surface area contributed by atoms with E-state index in [1.807, 2.05) is 6.92 Å². The average molecular weight is 245 g/mol. The van der Waals surface area contributed by atoms with Gasteiger partial charge < -0.3 is 10.1 Å². The van der Waals surface area contributed by atoms with Gasteiger partial charge in [-0.1, -0.05) is 24.6 Å². The molecule has 1 aromatic carbocycles. The molecule has 1 N–H and O–H groups in total. The summed E-state index contributed by atoms with van der Waals surface area (Å²) in [7, 11) is 0. The van der Waals surface area contributed by atoms with Gasteiger partial charge >= 0.3 is 0 Å². The van der Waals surface area contributed by atoms with Crippen LogP contribution in [0.2, 0.25) is 0 Å². The molecule has 0 saturated carbocycles. The fraction of sp³-hybridized carbons (Fsp3) is 0.500. The van der Waals surface area contributed by atoms with Gasteiger partial charge in [-0.05, 0) is 43.5 Å². The Balaban J connectivity index is 2.07. The molecule has 0 bridgehead atoms. The summed E-state index contributed by atoms with van der Waals surface area (Å²) in [5.41, 5.74) is 3.99. The summed E-state index contributed by atoms with van der Waals surface area (Å²) in [4.78, 5) is 0. The maximum atomic E-state index is 5.90. The normalized spacial score (nSPS) is 17.6. The van der Waals surface area contributed by atoms with Gasteiger partial charge in [0.25, 0.3) is 0 Å². The molecular formula is C16H23NO. The number of hydrogen-bond acceptors (Lipinski definition) is 2. The van der Waals surface area contributed by atoms with E-state index in [0.717, 1.165) is 31.7 Å². The third-order valence-electron chi connectivity index (χ3n) is 3.46. The SMILES string of the molecule is C=C(C)CCOc1cccc2c1CCC2NCC. The first-order chi connectivity index (χ1) is 8.72. The fourth-order valence-electron chi connectivity index (χ4n) is 2.55. The Labute approximate surface area is 110 Å². The quantitative estimate of drug-likeness (QED) is 0.773. The minimum atomic E-state index is 0.509. The van der Waals surface area contributed by atoms with Gasteiger partial charge in [0.1, 0.15) is 5.75 Å². The number of rotatable bonds is 6. The molecule has 0 aromatic heterocycles. The molecule has 1 aromatic rings. The fourth-order valence-corrected chi connectivity index (χ4v) is 2.55. The molecule has 98 valence electrons. The Morgan fingerprint density at radius 2 is 2.33 bits per heavy atom. The van der Waals surface area contributed by atoms with E-state index in [1.165, 1.54) is 23.1 Å². The van der Waals surface area contributed by atoms with Gasteiger partial charge in [-0.25, -0.2) is 0 Å². The van der Waals surface area contributed by atoms with Crippen LogP contribution >= 0.6 is 0 Å². The van der Waals surface area contributed by atoms with Crippen molar-refractivity contribution in [3.63, 3.8) is 0 Å². The first-order valence-corrected chi connectivity index (χ1v) is 6.84. The molecule has 0 spiro atoms. The molecule has 1 aliphatic carbocycles.